The van der Waals surface area contributed by atoms with Crippen molar-refractivity contribution in [1.29, 1.82) is 0 Å². The first-order valence-corrected chi connectivity index (χ1v) is 9.30. The molecule has 1 N–H and O–H groups in total. The fourth-order valence-electron chi connectivity index (χ4n) is 2.65. The number of thiophene rings is 1. The average Bonchev–Trinajstić information content (AvgIpc) is 3.25. The monoisotopic (exact) mass is 414 g/mol. The van der Waals surface area contributed by atoms with Crippen LogP contribution in [0.2, 0.25) is 0 Å². The first-order valence-electron chi connectivity index (χ1n) is 8.42. The van der Waals surface area contributed by atoms with Gasteiger partial charge in [-0.3, -0.25) is 19.7 Å². The van der Waals surface area contributed by atoms with Crippen molar-refractivity contribution in [1.82, 2.24) is 5.32 Å². The summed E-state index contributed by atoms with van der Waals surface area (Å²) in [6, 6.07) is 12.5. The minimum Gasteiger partial charge on any atom is -0.483 e. The molecule has 1 amide bonds. The van der Waals surface area contributed by atoms with Gasteiger partial charge in [0.05, 0.1) is 16.5 Å². The summed E-state index contributed by atoms with van der Waals surface area (Å²) >= 11 is 1.44. The van der Waals surface area contributed by atoms with Gasteiger partial charge in [0.15, 0.2) is 12.9 Å². The predicted octanol–water partition coefficient (Wildman–Crippen LogP) is 3.89. The van der Waals surface area contributed by atoms with Gasteiger partial charge in [-0.15, -0.1) is 11.3 Å². The number of hydrogen-bond acceptors (Lipinski definition) is 6. The zero-order chi connectivity index (χ0) is 20.8. The number of nitro benzene ring substituents is 1. The molecule has 3 rings (SSSR count). The first-order chi connectivity index (χ1) is 14.0. The third-order valence-electron chi connectivity index (χ3n) is 4.03. The Bertz CT molecular complexity index is 1020. The maximum absolute atomic E-state index is 13.2. The van der Waals surface area contributed by atoms with Crippen LogP contribution in [0.5, 0.6) is 5.75 Å². The van der Waals surface area contributed by atoms with E-state index in [0.717, 1.165) is 10.9 Å². The molecule has 0 saturated carbocycles. The van der Waals surface area contributed by atoms with Gasteiger partial charge in [-0.1, -0.05) is 18.2 Å². The van der Waals surface area contributed by atoms with Gasteiger partial charge in [-0.05, 0) is 35.2 Å². The van der Waals surface area contributed by atoms with Crippen LogP contribution < -0.4 is 10.1 Å². The van der Waals surface area contributed by atoms with Gasteiger partial charge in [0.2, 0.25) is 0 Å². The number of nitro groups is 1. The molecular formula is C20H15FN2O5S. The Morgan fingerprint density at radius 2 is 2.00 bits per heavy atom. The fraction of sp³-hybridized carbons (Fsp3) is 0.100. The number of amides is 1. The SMILES string of the molecule is O=Cc1cc([N+](=O)[O-])ccc1OCC(=O)N[C@@H](c1ccc(F)cc1)c1cccs1. The van der Waals surface area contributed by atoms with Crippen molar-refractivity contribution in [3.05, 3.63) is 91.9 Å². The maximum atomic E-state index is 13.2. The van der Waals surface area contributed by atoms with Crippen LogP contribution in [0.15, 0.2) is 60.0 Å². The number of hydrogen-bond donors (Lipinski definition) is 1. The van der Waals surface area contributed by atoms with Gasteiger partial charge in [0, 0.05) is 17.0 Å². The van der Waals surface area contributed by atoms with Crippen molar-refractivity contribution in [3.8, 4) is 5.75 Å². The number of aldehydes is 1. The molecule has 0 spiro atoms. The highest BCUT2D eigenvalue weighted by Crippen LogP contribution is 2.27. The molecule has 3 aromatic rings. The lowest BCUT2D eigenvalue weighted by Gasteiger charge is -2.18. The molecule has 2 aromatic carbocycles. The second kappa shape index (κ2) is 9.07. The van der Waals surface area contributed by atoms with Crippen LogP contribution in [0.3, 0.4) is 0 Å². The lowest BCUT2D eigenvalue weighted by Crippen LogP contribution is -2.33. The lowest BCUT2D eigenvalue weighted by molar-refractivity contribution is -0.384. The van der Waals surface area contributed by atoms with Crippen molar-refractivity contribution < 1.29 is 23.6 Å². The van der Waals surface area contributed by atoms with Crippen LogP contribution in [-0.4, -0.2) is 23.7 Å². The topological polar surface area (TPSA) is 98.5 Å². The van der Waals surface area contributed by atoms with Crippen LogP contribution >= 0.6 is 11.3 Å². The largest absolute Gasteiger partial charge is 0.483 e. The second-order valence-electron chi connectivity index (χ2n) is 5.95. The third-order valence-corrected chi connectivity index (χ3v) is 4.96. The minimum atomic E-state index is -0.627. The number of rotatable bonds is 8. The molecule has 29 heavy (non-hydrogen) atoms. The van der Waals surface area contributed by atoms with Crippen molar-refractivity contribution in [2.75, 3.05) is 6.61 Å². The second-order valence-corrected chi connectivity index (χ2v) is 6.93. The van der Waals surface area contributed by atoms with Gasteiger partial charge >= 0.3 is 0 Å². The molecule has 0 bridgehead atoms. The number of nitrogens with zero attached hydrogens (tertiary/aromatic N) is 1. The molecule has 1 heterocycles. The van der Waals surface area contributed by atoms with Crippen LogP contribution in [0.25, 0.3) is 0 Å². The number of non-ortho nitro benzene ring substituents is 1. The summed E-state index contributed by atoms with van der Waals surface area (Å²) in [6.45, 7) is -0.401. The Hall–Kier alpha value is -3.59. The Balaban J connectivity index is 1.72. The molecule has 0 saturated heterocycles. The van der Waals surface area contributed by atoms with Crippen LogP contribution in [-0.2, 0) is 4.79 Å². The Morgan fingerprint density at radius 3 is 2.62 bits per heavy atom. The van der Waals surface area contributed by atoms with Gasteiger partial charge in [-0.25, -0.2) is 4.39 Å². The molecule has 0 aliphatic rings. The average molecular weight is 414 g/mol. The lowest BCUT2D eigenvalue weighted by atomic mass is 10.1. The van der Waals surface area contributed by atoms with E-state index in [-0.39, 0.29) is 22.8 Å². The standard InChI is InChI=1S/C20H15FN2O5S/c21-15-5-3-13(4-6-15)20(18-2-1-9-29-18)22-19(25)12-28-17-8-7-16(23(26)27)10-14(17)11-24/h1-11,20H,12H2,(H,22,25)/t20-/m0/s1. The Labute approximate surface area is 168 Å². The summed E-state index contributed by atoms with van der Waals surface area (Å²) in [5.74, 6) is -0.786. The molecule has 148 valence electrons. The molecule has 0 fully saturated rings. The van der Waals surface area contributed by atoms with E-state index in [1.807, 2.05) is 17.5 Å². The highest BCUT2D eigenvalue weighted by Gasteiger charge is 2.19. The number of benzene rings is 2. The number of carbonyl (C=O) groups excluding carboxylic acids is 2. The van der Waals surface area contributed by atoms with E-state index < -0.39 is 23.5 Å². The summed E-state index contributed by atoms with van der Waals surface area (Å²) < 4.78 is 18.6. The van der Waals surface area contributed by atoms with E-state index in [0.29, 0.717) is 11.8 Å². The molecule has 0 unspecified atom stereocenters. The van der Waals surface area contributed by atoms with Crippen LogP contribution in [0.1, 0.15) is 26.8 Å². The molecule has 9 heteroatoms. The highest BCUT2D eigenvalue weighted by molar-refractivity contribution is 7.10. The zero-order valence-corrected chi connectivity index (χ0v) is 15.7. The van der Waals surface area contributed by atoms with Crippen molar-refractivity contribution in [2.45, 2.75) is 6.04 Å². The van der Waals surface area contributed by atoms with Gasteiger partial charge in [-0.2, -0.15) is 0 Å². The zero-order valence-electron chi connectivity index (χ0n) is 14.9. The normalized spacial score (nSPS) is 11.5. The summed E-state index contributed by atoms with van der Waals surface area (Å²) in [5.41, 5.74) is 0.421. The van der Waals surface area contributed by atoms with Crippen molar-refractivity contribution >= 4 is 29.2 Å². The van der Waals surface area contributed by atoms with E-state index in [1.165, 1.54) is 35.6 Å². The van der Waals surface area contributed by atoms with Gasteiger partial charge in [0.1, 0.15) is 11.6 Å². The summed E-state index contributed by atoms with van der Waals surface area (Å²) in [6.07, 6.45) is 0.424. The van der Waals surface area contributed by atoms with Crippen molar-refractivity contribution in [2.24, 2.45) is 0 Å². The summed E-state index contributed by atoms with van der Waals surface area (Å²) in [7, 11) is 0. The first kappa shape index (κ1) is 20.2. The molecule has 0 radical (unpaired) electrons. The number of nitrogens with one attached hydrogen (secondary N) is 1. The number of halogens is 1. The number of carbonyl (C=O) groups is 2. The summed E-state index contributed by atoms with van der Waals surface area (Å²) in [5, 5.41) is 15.5. The van der Waals surface area contributed by atoms with Crippen molar-refractivity contribution in [3.63, 3.8) is 0 Å². The van der Waals surface area contributed by atoms with Crippen LogP contribution in [0.4, 0.5) is 10.1 Å². The highest BCUT2D eigenvalue weighted by atomic mass is 32.1. The quantitative estimate of drug-likeness (QED) is 0.343. The summed E-state index contributed by atoms with van der Waals surface area (Å²) in [4.78, 5) is 34.6. The van der Waals surface area contributed by atoms with Crippen LogP contribution in [0, 0.1) is 15.9 Å². The maximum Gasteiger partial charge on any atom is 0.270 e. The van der Waals surface area contributed by atoms with Gasteiger partial charge in [0.25, 0.3) is 11.6 Å². The van der Waals surface area contributed by atoms with E-state index in [9.17, 15) is 24.1 Å². The fourth-order valence-corrected chi connectivity index (χ4v) is 3.45. The molecule has 1 atom stereocenters. The third kappa shape index (κ3) is 5.02. The molecular weight excluding hydrogens is 399 g/mol. The number of ether oxygens (including phenoxy) is 1. The Kier molecular flexibility index (Phi) is 6.30. The van der Waals surface area contributed by atoms with E-state index in [2.05, 4.69) is 5.32 Å². The molecule has 0 aliphatic carbocycles. The van der Waals surface area contributed by atoms with E-state index in [4.69, 9.17) is 4.74 Å². The minimum absolute atomic E-state index is 0.0275. The smallest absolute Gasteiger partial charge is 0.270 e. The van der Waals surface area contributed by atoms with E-state index in [1.54, 1.807) is 12.1 Å². The van der Waals surface area contributed by atoms with E-state index >= 15 is 0 Å². The molecule has 7 nitrogen and oxygen atoms in total. The molecule has 1 aromatic heterocycles. The predicted molar refractivity (Wildman–Crippen MR) is 105 cm³/mol. The Morgan fingerprint density at radius 1 is 1.24 bits per heavy atom. The molecule has 0 aliphatic heterocycles. The van der Waals surface area contributed by atoms with Gasteiger partial charge < -0.3 is 10.1 Å².